The average molecular weight is 701 g/mol. The minimum absolute atomic E-state index is 0.00836. The van der Waals surface area contributed by atoms with Gasteiger partial charge in [-0.1, -0.05) is 48.6 Å². The summed E-state index contributed by atoms with van der Waals surface area (Å²) in [6.07, 6.45) is 8.04. The lowest BCUT2D eigenvalue weighted by atomic mass is 9.95. The van der Waals surface area contributed by atoms with Crippen molar-refractivity contribution < 1.29 is 23.8 Å². The summed E-state index contributed by atoms with van der Waals surface area (Å²) in [5.41, 5.74) is 4.37. The number of benzene rings is 2. The Kier molecular flexibility index (Phi) is 12.8. The summed E-state index contributed by atoms with van der Waals surface area (Å²) >= 11 is 1.66. The minimum atomic E-state index is -0.570. The molecule has 2 atom stereocenters. The van der Waals surface area contributed by atoms with Crippen LogP contribution in [-0.2, 0) is 16.0 Å². The van der Waals surface area contributed by atoms with Gasteiger partial charge in [0.1, 0.15) is 6.04 Å². The number of carbonyl (C=O) groups is 2. The predicted octanol–water partition coefficient (Wildman–Crippen LogP) is 5.25. The molecule has 0 saturated carbocycles. The van der Waals surface area contributed by atoms with Gasteiger partial charge in [0, 0.05) is 45.2 Å². The Balaban J connectivity index is 1.42. The molecule has 5 rings (SSSR count). The quantitative estimate of drug-likeness (QED) is 0.247. The molecule has 0 aromatic heterocycles. The molecule has 1 saturated heterocycles. The topological polar surface area (TPSA) is 109 Å². The Morgan fingerprint density at radius 1 is 0.980 bits per heavy atom. The number of hydrogen-bond donors (Lipinski definition) is 2. The number of hydrogen-bond acceptors (Lipinski definition) is 9. The molecule has 50 heavy (non-hydrogen) atoms. The Hall–Kier alpha value is -4.48. The zero-order valence-corrected chi connectivity index (χ0v) is 30.4. The van der Waals surface area contributed by atoms with Gasteiger partial charge in [-0.05, 0) is 71.7 Å². The zero-order chi connectivity index (χ0) is 35.6. The van der Waals surface area contributed by atoms with E-state index in [0.29, 0.717) is 60.9 Å². The first-order chi connectivity index (χ1) is 24.3. The van der Waals surface area contributed by atoms with Crippen molar-refractivity contribution in [2.45, 2.75) is 38.3 Å². The Morgan fingerprint density at radius 3 is 2.38 bits per heavy atom. The van der Waals surface area contributed by atoms with Crippen LogP contribution in [0.2, 0.25) is 0 Å². The molecule has 2 amide bonds. The predicted molar refractivity (Wildman–Crippen MR) is 202 cm³/mol. The second-order valence-electron chi connectivity index (χ2n) is 12.5. The minimum Gasteiger partial charge on any atom is -0.493 e. The monoisotopic (exact) mass is 700 g/mol. The summed E-state index contributed by atoms with van der Waals surface area (Å²) in [5.74, 6) is 2.03. The molecular weight excluding hydrogens is 653 g/mol. The van der Waals surface area contributed by atoms with Crippen molar-refractivity contribution in [1.29, 1.82) is 0 Å². The Bertz CT molecular complexity index is 1740. The highest BCUT2D eigenvalue weighted by Crippen LogP contribution is 2.50. The summed E-state index contributed by atoms with van der Waals surface area (Å²) in [6, 6.07) is 16.4. The number of thioether (sulfide) groups is 1. The number of piperazine rings is 1. The number of carbonyl (C=O) groups excluding carboxylic acids is 2. The first-order valence-corrected chi connectivity index (χ1v) is 18.4. The van der Waals surface area contributed by atoms with Gasteiger partial charge in [-0.3, -0.25) is 19.3 Å². The average Bonchev–Trinajstić information content (AvgIpc) is 3.37. The SMILES string of the molecule is COc1cc2c(c(OC)c1OC)-c1ccc(N[C@@H](CCSC)C(=O)N3CCN(C/C=C/c4ccccc4)CC3)c(=O)cc1[C@@H](NC(C)=O)CC2. The molecule has 2 aliphatic rings. The lowest BCUT2D eigenvalue weighted by Gasteiger charge is -2.36. The number of ether oxygens (including phenoxy) is 3. The van der Waals surface area contributed by atoms with Gasteiger partial charge in [0.2, 0.25) is 23.0 Å². The normalized spacial score (nSPS) is 16.5. The summed E-state index contributed by atoms with van der Waals surface area (Å²) in [4.78, 5) is 44.6. The number of methoxy groups -OCH3 is 3. The second kappa shape index (κ2) is 17.4. The maximum Gasteiger partial charge on any atom is 0.245 e. The molecule has 1 aliphatic carbocycles. The second-order valence-corrected chi connectivity index (χ2v) is 13.5. The molecule has 1 heterocycles. The maximum absolute atomic E-state index is 14.0. The van der Waals surface area contributed by atoms with E-state index in [-0.39, 0.29) is 17.2 Å². The van der Waals surface area contributed by atoms with E-state index in [9.17, 15) is 14.4 Å². The van der Waals surface area contributed by atoms with Gasteiger partial charge in [0.25, 0.3) is 0 Å². The fourth-order valence-electron chi connectivity index (χ4n) is 6.78. The van der Waals surface area contributed by atoms with Crippen molar-refractivity contribution >= 4 is 35.3 Å². The number of amides is 2. The molecule has 266 valence electrons. The van der Waals surface area contributed by atoms with Crippen LogP contribution in [0.1, 0.15) is 42.5 Å². The molecule has 10 nitrogen and oxygen atoms in total. The first-order valence-electron chi connectivity index (χ1n) is 17.0. The van der Waals surface area contributed by atoms with Gasteiger partial charge < -0.3 is 29.7 Å². The Labute approximate surface area is 299 Å². The molecule has 0 bridgehead atoms. The van der Waals surface area contributed by atoms with Gasteiger partial charge >= 0.3 is 0 Å². The third-order valence-corrected chi connectivity index (χ3v) is 9.96. The van der Waals surface area contributed by atoms with E-state index in [1.54, 1.807) is 45.2 Å². The van der Waals surface area contributed by atoms with E-state index in [0.717, 1.165) is 42.1 Å². The first kappa shape index (κ1) is 36.8. The highest BCUT2D eigenvalue weighted by molar-refractivity contribution is 7.98. The van der Waals surface area contributed by atoms with Crippen LogP contribution in [0.25, 0.3) is 17.2 Å². The number of anilines is 1. The summed E-state index contributed by atoms with van der Waals surface area (Å²) in [7, 11) is 4.71. The molecular formula is C39H48N4O6S. The fraction of sp³-hybridized carbons (Fsp3) is 0.410. The van der Waals surface area contributed by atoms with Crippen LogP contribution in [-0.4, -0.2) is 93.7 Å². The van der Waals surface area contributed by atoms with Crippen LogP contribution in [0.15, 0.2) is 65.5 Å². The highest BCUT2D eigenvalue weighted by atomic mass is 32.2. The van der Waals surface area contributed by atoms with E-state index in [4.69, 9.17) is 14.2 Å². The number of rotatable bonds is 13. The maximum atomic E-state index is 14.0. The molecule has 3 aromatic carbocycles. The molecule has 1 fully saturated rings. The lowest BCUT2D eigenvalue weighted by Crippen LogP contribution is -2.53. The molecule has 0 radical (unpaired) electrons. The van der Waals surface area contributed by atoms with Crippen molar-refractivity contribution in [2.75, 3.05) is 71.4 Å². The van der Waals surface area contributed by atoms with E-state index in [1.165, 1.54) is 12.5 Å². The summed E-state index contributed by atoms with van der Waals surface area (Å²) < 4.78 is 17.3. The molecule has 3 aromatic rings. The number of nitrogens with one attached hydrogen (secondary N) is 2. The van der Waals surface area contributed by atoms with Crippen molar-refractivity contribution in [1.82, 2.24) is 15.1 Å². The molecule has 2 N–H and O–H groups in total. The largest absolute Gasteiger partial charge is 0.493 e. The standard InChI is InChI=1S/C39H48N4O6S/c1-26(44)40-31-15-13-28-24-35(47-2)37(48-3)38(49-4)36(28)29-14-16-32(34(45)25-30(29)31)41-33(17-23-50-5)39(46)43-21-19-42(20-22-43)18-9-12-27-10-7-6-8-11-27/h6-12,14,16,24-25,31,33H,13,15,17-23H2,1-5H3,(H,40,44)(H,41,45)/b12-9+/t31-,33-/m0/s1. The van der Waals surface area contributed by atoms with Crippen molar-refractivity contribution in [3.8, 4) is 28.4 Å². The third-order valence-electron chi connectivity index (χ3n) is 9.31. The smallest absolute Gasteiger partial charge is 0.245 e. The van der Waals surface area contributed by atoms with E-state index < -0.39 is 12.1 Å². The van der Waals surface area contributed by atoms with Crippen molar-refractivity contribution in [3.05, 3.63) is 87.6 Å². The van der Waals surface area contributed by atoms with Crippen molar-refractivity contribution in [2.24, 2.45) is 0 Å². The van der Waals surface area contributed by atoms with Gasteiger partial charge in [0.15, 0.2) is 11.5 Å². The fourth-order valence-corrected chi connectivity index (χ4v) is 7.25. The lowest BCUT2D eigenvalue weighted by molar-refractivity contribution is -0.133. The van der Waals surface area contributed by atoms with Gasteiger partial charge in [0.05, 0.1) is 33.1 Å². The van der Waals surface area contributed by atoms with Crippen LogP contribution in [0.3, 0.4) is 0 Å². The van der Waals surface area contributed by atoms with Crippen LogP contribution in [0, 0.1) is 0 Å². The number of fused-ring (bicyclic) bond motifs is 3. The Morgan fingerprint density at radius 2 is 1.72 bits per heavy atom. The van der Waals surface area contributed by atoms with Crippen LogP contribution in [0.4, 0.5) is 5.69 Å². The van der Waals surface area contributed by atoms with Gasteiger partial charge in [-0.25, -0.2) is 0 Å². The van der Waals surface area contributed by atoms with Crippen LogP contribution < -0.4 is 30.3 Å². The summed E-state index contributed by atoms with van der Waals surface area (Å²) in [5, 5.41) is 6.39. The van der Waals surface area contributed by atoms with E-state index in [1.807, 2.05) is 41.5 Å². The van der Waals surface area contributed by atoms with E-state index in [2.05, 4.69) is 39.8 Å². The number of aryl methyl sites for hydroxylation is 1. The van der Waals surface area contributed by atoms with Crippen LogP contribution >= 0.6 is 11.8 Å². The molecule has 11 heteroatoms. The molecule has 0 spiro atoms. The molecule has 1 aliphatic heterocycles. The zero-order valence-electron chi connectivity index (χ0n) is 29.6. The van der Waals surface area contributed by atoms with Gasteiger partial charge in [-0.15, -0.1) is 0 Å². The highest BCUT2D eigenvalue weighted by Gasteiger charge is 2.31. The molecule has 0 unspecified atom stereocenters. The van der Waals surface area contributed by atoms with Crippen molar-refractivity contribution in [3.63, 3.8) is 0 Å². The van der Waals surface area contributed by atoms with Gasteiger partial charge in [-0.2, -0.15) is 11.8 Å². The van der Waals surface area contributed by atoms with E-state index >= 15 is 0 Å². The summed E-state index contributed by atoms with van der Waals surface area (Å²) in [6.45, 7) is 5.09. The van der Waals surface area contributed by atoms with Crippen LogP contribution in [0.5, 0.6) is 17.2 Å². The third kappa shape index (κ3) is 8.62. The number of nitrogens with zero attached hydrogens (tertiary/aromatic N) is 2.